The molecule has 1 aliphatic rings. The molecule has 25 heavy (non-hydrogen) atoms. The molecule has 0 saturated heterocycles. The van der Waals surface area contributed by atoms with Crippen LogP contribution in [0.15, 0.2) is 29.1 Å². The van der Waals surface area contributed by atoms with E-state index >= 15 is 0 Å². The topological polar surface area (TPSA) is 75.3 Å². The van der Waals surface area contributed by atoms with Crippen molar-refractivity contribution in [3.8, 4) is 0 Å². The Labute approximate surface area is 146 Å². The molecular weight excluding hydrogens is 318 g/mol. The van der Waals surface area contributed by atoms with E-state index in [-0.39, 0.29) is 11.5 Å². The van der Waals surface area contributed by atoms with Gasteiger partial charge in [0, 0.05) is 31.6 Å². The number of carbonyl (C=O) groups excluding carboxylic acids is 1. The normalized spacial score (nSPS) is 14.2. The van der Waals surface area contributed by atoms with Gasteiger partial charge in [-0.05, 0) is 30.5 Å². The summed E-state index contributed by atoms with van der Waals surface area (Å²) in [6.07, 6.45) is 2.43. The van der Waals surface area contributed by atoms with Gasteiger partial charge in [-0.2, -0.15) is 0 Å². The SMILES string of the molecule is CCCc1nc2c(c(=O)[nH]1)CCN(Cc1cccc(C(=O)OC)c1)C2. The lowest BCUT2D eigenvalue weighted by Crippen LogP contribution is -2.35. The summed E-state index contributed by atoms with van der Waals surface area (Å²) in [4.78, 5) is 33.7. The van der Waals surface area contributed by atoms with Crippen molar-refractivity contribution in [3.05, 3.63) is 62.8 Å². The van der Waals surface area contributed by atoms with Crippen molar-refractivity contribution in [3.63, 3.8) is 0 Å². The van der Waals surface area contributed by atoms with Crippen molar-refractivity contribution in [2.75, 3.05) is 13.7 Å². The van der Waals surface area contributed by atoms with Crippen LogP contribution in [-0.2, 0) is 30.7 Å². The third-order valence-corrected chi connectivity index (χ3v) is 4.44. The quantitative estimate of drug-likeness (QED) is 0.843. The molecule has 0 aliphatic carbocycles. The second-order valence-electron chi connectivity index (χ2n) is 6.34. The Bertz CT molecular complexity index is 829. The van der Waals surface area contributed by atoms with Crippen molar-refractivity contribution < 1.29 is 9.53 Å². The minimum Gasteiger partial charge on any atom is -0.465 e. The highest BCUT2D eigenvalue weighted by molar-refractivity contribution is 5.89. The number of rotatable bonds is 5. The van der Waals surface area contributed by atoms with E-state index in [0.29, 0.717) is 25.1 Å². The number of nitrogens with zero attached hydrogens (tertiary/aromatic N) is 2. The lowest BCUT2D eigenvalue weighted by Gasteiger charge is -2.27. The van der Waals surface area contributed by atoms with Crippen LogP contribution in [-0.4, -0.2) is 34.5 Å². The molecule has 0 spiro atoms. The molecule has 3 rings (SSSR count). The summed E-state index contributed by atoms with van der Waals surface area (Å²) < 4.78 is 4.78. The molecule has 1 N–H and O–H groups in total. The van der Waals surface area contributed by atoms with Crippen LogP contribution in [0.3, 0.4) is 0 Å². The second kappa shape index (κ2) is 7.61. The van der Waals surface area contributed by atoms with Gasteiger partial charge in [-0.25, -0.2) is 9.78 Å². The smallest absolute Gasteiger partial charge is 0.337 e. The first-order valence-electron chi connectivity index (χ1n) is 8.61. The molecule has 2 aromatic rings. The third kappa shape index (κ3) is 3.96. The molecule has 0 radical (unpaired) electrons. The zero-order chi connectivity index (χ0) is 17.8. The lowest BCUT2D eigenvalue weighted by molar-refractivity contribution is 0.0600. The first kappa shape index (κ1) is 17.4. The Morgan fingerprint density at radius 2 is 2.24 bits per heavy atom. The second-order valence-corrected chi connectivity index (χ2v) is 6.34. The number of ether oxygens (including phenoxy) is 1. The van der Waals surface area contributed by atoms with E-state index in [9.17, 15) is 9.59 Å². The van der Waals surface area contributed by atoms with Gasteiger partial charge in [0.2, 0.25) is 0 Å². The standard InChI is InChI=1S/C19H23N3O3/c1-3-5-17-20-16-12-22(9-8-15(16)18(23)21-17)11-13-6-4-7-14(10-13)19(24)25-2/h4,6-7,10H,3,5,8-9,11-12H2,1-2H3,(H,20,21,23). The average Bonchev–Trinajstić information content (AvgIpc) is 2.61. The number of hydrogen-bond acceptors (Lipinski definition) is 5. The van der Waals surface area contributed by atoms with Crippen molar-refractivity contribution in [2.45, 2.75) is 39.3 Å². The molecule has 1 aliphatic heterocycles. The van der Waals surface area contributed by atoms with Gasteiger partial charge >= 0.3 is 5.97 Å². The van der Waals surface area contributed by atoms with E-state index in [0.717, 1.165) is 42.0 Å². The number of aryl methyl sites for hydroxylation is 1. The Morgan fingerprint density at radius 1 is 1.40 bits per heavy atom. The van der Waals surface area contributed by atoms with Crippen LogP contribution >= 0.6 is 0 Å². The monoisotopic (exact) mass is 341 g/mol. The van der Waals surface area contributed by atoms with Crippen LogP contribution in [0.4, 0.5) is 0 Å². The molecule has 0 saturated carbocycles. The van der Waals surface area contributed by atoms with E-state index in [2.05, 4.69) is 21.8 Å². The molecule has 2 heterocycles. The fourth-order valence-electron chi connectivity index (χ4n) is 3.21. The third-order valence-electron chi connectivity index (χ3n) is 4.44. The van der Waals surface area contributed by atoms with Gasteiger partial charge in [0.1, 0.15) is 5.82 Å². The van der Waals surface area contributed by atoms with Crippen LogP contribution in [0.25, 0.3) is 0 Å². The van der Waals surface area contributed by atoms with Crippen molar-refractivity contribution in [1.82, 2.24) is 14.9 Å². The van der Waals surface area contributed by atoms with Crippen LogP contribution in [0.2, 0.25) is 0 Å². The number of hydrogen-bond donors (Lipinski definition) is 1. The zero-order valence-corrected chi connectivity index (χ0v) is 14.7. The van der Waals surface area contributed by atoms with E-state index in [4.69, 9.17) is 4.74 Å². The molecule has 6 nitrogen and oxygen atoms in total. The van der Waals surface area contributed by atoms with Gasteiger partial charge in [-0.1, -0.05) is 19.1 Å². The molecule has 0 bridgehead atoms. The van der Waals surface area contributed by atoms with E-state index < -0.39 is 0 Å². The molecule has 0 amide bonds. The predicted octanol–water partition coefficient (Wildman–Crippen LogP) is 2.07. The Hall–Kier alpha value is -2.47. The number of H-pyrrole nitrogens is 1. The summed E-state index contributed by atoms with van der Waals surface area (Å²) in [5.74, 6) is 0.434. The minimum absolute atomic E-state index is 0.000730. The fourth-order valence-corrected chi connectivity index (χ4v) is 3.21. The zero-order valence-electron chi connectivity index (χ0n) is 14.7. The van der Waals surface area contributed by atoms with E-state index in [1.165, 1.54) is 7.11 Å². The van der Waals surface area contributed by atoms with E-state index in [1.54, 1.807) is 6.07 Å². The Kier molecular flexibility index (Phi) is 5.28. The molecular formula is C19H23N3O3. The van der Waals surface area contributed by atoms with Crippen LogP contribution in [0.5, 0.6) is 0 Å². The largest absolute Gasteiger partial charge is 0.465 e. The number of esters is 1. The maximum atomic E-state index is 12.2. The predicted molar refractivity (Wildman–Crippen MR) is 94.5 cm³/mol. The summed E-state index contributed by atoms with van der Waals surface area (Å²) >= 11 is 0. The molecule has 0 fully saturated rings. The van der Waals surface area contributed by atoms with Gasteiger partial charge in [0.15, 0.2) is 0 Å². The molecule has 0 atom stereocenters. The van der Waals surface area contributed by atoms with E-state index in [1.807, 2.05) is 18.2 Å². The Morgan fingerprint density at radius 3 is 3.00 bits per heavy atom. The molecule has 6 heteroatoms. The summed E-state index contributed by atoms with van der Waals surface area (Å²) in [6.45, 7) is 4.23. The molecule has 132 valence electrons. The highest BCUT2D eigenvalue weighted by atomic mass is 16.5. The number of methoxy groups -OCH3 is 1. The summed E-state index contributed by atoms with van der Waals surface area (Å²) in [5.41, 5.74) is 3.28. The van der Waals surface area contributed by atoms with Crippen molar-refractivity contribution in [2.24, 2.45) is 0 Å². The van der Waals surface area contributed by atoms with Gasteiger partial charge in [0.25, 0.3) is 5.56 Å². The first-order valence-corrected chi connectivity index (χ1v) is 8.61. The van der Waals surface area contributed by atoms with Gasteiger partial charge in [0.05, 0.1) is 18.4 Å². The number of nitrogens with one attached hydrogen (secondary N) is 1. The fraction of sp³-hybridized carbons (Fsp3) is 0.421. The van der Waals surface area contributed by atoms with Crippen LogP contribution in [0.1, 0.15) is 46.3 Å². The van der Waals surface area contributed by atoms with Crippen LogP contribution in [0, 0.1) is 0 Å². The molecule has 0 unspecified atom stereocenters. The Balaban J connectivity index is 1.77. The first-order chi connectivity index (χ1) is 12.1. The maximum Gasteiger partial charge on any atom is 0.337 e. The lowest BCUT2D eigenvalue weighted by atomic mass is 10.0. The minimum atomic E-state index is -0.330. The summed E-state index contributed by atoms with van der Waals surface area (Å²) in [6, 6.07) is 7.46. The van der Waals surface area contributed by atoms with Gasteiger partial charge in [-0.15, -0.1) is 0 Å². The number of benzene rings is 1. The van der Waals surface area contributed by atoms with Crippen molar-refractivity contribution >= 4 is 5.97 Å². The van der Waals surface area contributed by atoms with Gasteiger partial charge in [-0.3, -0.25) is 9.69 Å². The van der Waals surface area contributed by atoms with Crippen LogP contribution < -0.4 is 5.56 Å². The van der Waals surface area contributed by atoms with Crippen molar-refractivity contribution in [1.29, 1.82) is 0 Å². The highest BCUT2D eigenvalue weighted by Crippen LogP contribution is 2.17. The number of fused-ring (bicyclic) bond motifs is 1. The molecule has 1 aromatic heterocycles. The summed E-state index contributed by atoms with van der Waals surface area (Å²) in [7, 11) is 1.38. The number of aromatic nitrogens is 2. The number of carbonyl (C=O) groups is 1. The maximum absolute atomic E-state index is 12.2. The highest BCUT2D eigenvalue weighted by Gasteiger charge is 2.21. The molecule has 1 aromatic carbocycles. The number of aromatic amines is 1. The van der Waals surface area contributed by atoms with Gasteiger partial charge < -0.3 is 9.72 Å². The summed E-state index contributed by atoms with van der Waals surface area (Å²) in [5, 5.41) is 0. The average molecular weight is 341 g/mol.